The van der Waals surface area contributed by atoms with Crippen LogP contribution in [0.2, 0.25) is 0 Å². The van der Waals surface area contributed by atoms with E-state index in [-0.39, 0.29) is 0 Å². The van der Waals surface area contributed by atoms with Crippen LogP contribution in [0.3, 0.4) is 0 Å². The number of anilines is 2. The van der Waals surface area contributed by atoms with Crippen LogP contribution in [0.1, 0.15) is 0 Å². The molecule has 0 radical (unpaired) electrons. The summed E-state index contributed by atoms with van der Waals surface area (Å²) in [5.41, 5.74) is 6.33. The quantitative estimate of drug-likeness (QED) is 0.332. The summed E-state index contributed by atoms with van der Waals surface area (Å²) in [5.74, 6) is 0. The van der Waals surface area contributed by atoms with Gasteiger partial charge in [-0.3, -0.25) is 0 Å². The molecule has 0 bridgehead atoms. The molecule has 0 unspecified atom stereocenters. The van der Waals surface area contributed by atoms with E-state index < -0.39 is 0 Å². The number of furan rings is 1. The molecule has 6 aromatic rings. The highest BCUT2D eigenvalue weighted by molar-refractivity contribution is 6.13. The molecule has 6 rings (SSSR count). The normalized spacial score (nSPS) is 11.3. The highest BCUT2D eigenvalue weighted by atomic mass is 16.3. The third-order valence-corrected chi connectivity index (χ3v) is 5.66. The second-order valence-corrected chi connectivity index (χ2v) is 7.48. The Kier molecular flexibility index (Phi) is 3.82. The van der Waals surface area contributed by atoms with Crippen LogP contribution in [-0.2, 0) is 0 Å². The predicted molar refractivity (Wildman–Crippen MR) is 126 cm³/mol. The first-order valence-electron chi connectivity index (χ1n) is 10.1. The molecule has 0 aliphatic heterocycles. The maximum atomic E-state index is 6.08. The van der Waals surface area contributed by atoms with Crippen molar-refractivity contribution in [2.75, 3.05) is 5.32 Å². The maximum Gasteiger partial charge on any atom is 0.137 e. The van der Waals surface area contributed by atoms with E-state index in [9.17, 15) is 0 Å². The van der Waals surface area contributed by atoms with Gasteiger partial charge in [0.15, 0.2) is 0 Å². The van der Waals surface area contributed by atoms with Crippen molar-refractivity contribution in [2.45, 2.75) is 0 Å². The molecule has 0 aliphatic carbocycles. The summed E-state index contributed by atoms with van der Waals surface area (Å²) in [4.78, 5) is 0. The van der Waals surface area contributed by atoms with Crippen molar-refractivity contribution in [1.29, 1.82) is 0 Å². The van der Waals surface area contributed by atoms with E-state index in [4.69, 9.17) is 4.42 Å². The van der Waals surface area contributed by atoms with E-state index in [1.807, 2.05) is 24.3 Å². The van der Waals surface area contributed by atoms with Crippen LogP contribution in [0.4, 0.5) is 11.4 Å². The van der Waals surface area contributed by atoms with Gasteiger partial charge in [-0.05, 0) is 40.6 Å². The smallest absolute Gasteiger partial charge is 0.137 e. The molecule has 142 valence electrons. The Hall–Kier alpha value is -4.04. The van der Waals surface area contributed by atoms with Crippen molar-refractivity contribution in [2.24, 2.45) is 0 Å². The van der Waals surface area contributed by atoms with Crippen molar-refractivity contribution in [1.82, 2.24) is 0 Å². The van der Waals surface area contributed by atoms with Gasteiger partial charge >= 0.3 is 0 Å². The summed E-state index contributed by atoms with van der Waals surface area (Å²) < 4.78 is 6.08. The first-order chi connectivity index (χ1) is 14.9. The fraction of sp³-hybridized carbons (Fsp3) is 0. The highest BCUT2D eigenvalue weighted by Gasteiger charge is 2.14. The Morgan fingerprint density at radius 3 is 2.13 bits per heavy atom. The molecular weight excluding hydrogens is 366 g/mol. The van der Waals surface area contributed by atoms with Gasteiger partial charge in [-0.25, -0.2) is 0 Å². The lowest BCUT2D eigenvalue weighted by atomic mass is 9.96. The predicted octanol–water partition coefficient (Wildman–Crippen LogP) is 8.15. The molecule has 0 saturated heterocycles. The Morgan fingerprint density at radius 2 is 1.23 bits per heavy atom. The molecule has 0 saturated carbocycles. The second-order valence-electron chi connectivity index (χ2n) is 7.48. The molecule has 5 aromatic carbocycles. The third-order valence-electron chi connectivity index (χ3n) is 5.66. The van der Waals surface area contributed by atoms with Gasteiger partial charge in [0, 0.05) is 16.6 Å². The van der Waals surface area contributed by atoms with Gasteiger partial charge in [0.1, 0.15) is 11.2 Å². The first kappa shape index (κ1) is 16.9. The van der Waals surface area contributed by atoms with Gasteiger partial charge in [-0.15, -0.1) is 0 Å². The molecule has 2 heteroatoms. The van der Waals surface area contributed by atoms with Crippen molar-refractivity contribution >= 4 is 44.1 Å². The average molecular weight is 385 g/mol. The number of hydrogen-bond donors (Lipinski definition) is 1. The molecule has 1 N–H and O–H groups in total. The molecule has 1 heterocycles. The number of para-hydroxylation sites is 1. The number of fused-ring (bicyclic) bond motifs is 4. The van der Waals surface area contributed by atoms with Crippen LogP contribution in [-0.4, -0.2) is 0 Å². The minimum atomic E-state index is 0.892. The van der Waals surface area contributed by atoms with Crippen molar-refractivity contribution in [3.05, 3.63) is 109 Å². The van der Waals surface area contributed by atoms with Gasteiger partial charge < -0.3 is 9.73 Å². The molecule has 0 amide bonds. The summed E-state index contributed by atoms with van der Waals surface area (Å²) in [6.45, 7) is 0. The van der Waals surface area contributed by atoms with E-state index in [0.717, 1.165) is 33.3 Å². The van der Waals surface area contributed by atoms with Gasteiger partial charge in [0.05, 0.1) is 11.1 Å². The van der Waals surface area contributed by atoms with Gasteiger partial charge in [-0.2, -0.15) is 0 Å². The van der Waals surface area contributed by atoms with E-state index in [2.05, 4.69) is 90.2 Å². The molecule has 30 heavy (non-hydrogen) atoms. The second kappa shape index (κ2) is 6.78. The standard InChI is InChI=1S/C28H19NO/c1-2-10-20(11-3-1)27-21-12-5-4-9-19(21)17-18-24(27)29-23-14-8-16-26-28(23)22-13-6-7-15-25(22)30-26/h1-18,29H. The van der Waals surface area contributed by atoms with Gasteiger partial charge in [-0.1, -0.05) is 84.9 Å². The monoisotopic (exact) mass is 385 g/mol. The fourth-order valence-corrected chi connectivity index (χ4v) is 4.32. The number of hydrogen-bond acceptors (Lipinski definition) is 2. The molecule has 0 aliphatic rings. The van der Waals surface area contributed by atoms with E-state index in [0.29, 0.717) is 0 Å². The largest absolute Gasteiger partial charge is 0.456 e. The number of benzene rings is 5. The van der Waals surface area contributed by atoms with Crippen LogP contribution < -0.4 is 5.32 Å². The van der Waals surface area contributed by atoms with Crippen molar-refractivity contribution in [3.8, 4) is 11.1 Å². The number of nitrogens with one attached hydrogen (secondary N) is 1. The SMILES string of the molecule is c1ccc(-c2c(Nc3cccc4oc5ccccc5c34)ccc3ccccc23)cc1. The van der Waals surface area contributed by atoms with Crippen LogP contribution >= 0.6 is 0 Å². The van der Waals surface area contributed by atoms with E-state index in [1.165, 1.54) is 21.9 Å². The highest BCUT2D eigenvalue weighted by Crippen LogP contribution is 2.40. The summed E-state index contributed by atoms with van der Waals surface area (Å²) in [7, 11) is 0. The first-order valence-corrected chi connectivity index (χ1v) is 10.1. The van der Waals surface area contributed by atoms with E-state index in [1.54, 1.807) is 0 Å². The lowest BCUT2D eigenvalue weighted by molar-refractivity contribution is 0.669. The maximum absolute atomic E-state index is 6.08. The molecule has 1 aromatic heterocycles. The Labute approximate surface area is 174 Å². The lowest BCUT2D eigenvalue weighted by Crippen LogP contribution is -1.95. The lowest BCUT2D eigenvalue weighted by Gasteiger charge is -2.16. The molecule has 0 atom stereocenters. The summed E-state index contributed by atoms with van der Waals surface area (Å²) in [6, 6.07) is 37.8. The van der Waals surface area contributed by atoms with Crippen LogP contribution in [0.25, 0.3) is 43.8 Å². The zero-order valence-electron chi connectivity index (χ0n) is 16.3. The fourth-order valence-electron chi connectivity index (χ4n) is 4.32. The molecular formula is C28H19NO. The summed E-state index contributed by atoms with van der Waals surface area (Å²) in [5, 5.41) is 8.42. The summed E-state index contributed by atoms with van der Waals surface area (Å²) in [6.07, 6.45) is 0. The van der Waals surface area contributed by atoms with Crippen LogP contribution in [0, 0.1) is 0 Å². The Balaban J connectivity index is 1.60. The number of rotatable bonds is 3. The minimum absolute atomic E-state index is 0.892. The molecule has 2 nitrogen and oxygen atoms in total. The zero-order valence-corrected chi connectivity index (χ0v) is 16.3. The Morgan fingerprint density at radius 1 is 0.500 bits per heavy atom. The average Bonchev–Trinajstić information content (AvgIpc) is 3.19. The minimum Gasteiger partial charge on any atom is -0.456 e. The zero-order chi connectivity index (χ0) is 19.9. The molecule has 0 fully saturated rings. The van der Waals surface area contributed by atoms with Gasteiger partial charge in [0.2, 0.25) is 0 Å². The van der Waals surface area contributed by atoms with Gasteiger partial charge in [0.25, 0.3) is 0 Å². The van der Waals surface area contributed by atoms with Crippen LogP contribution in [0.15, 0.2) is 114 Å². The summed E-state index contributed by atoms with van der Waals surface area (Å²) >= 11 is 0. The molecule has 0 spiro atoms. The van der Waals surface area contributed by atoms with Crippen LogP contribution in [0.5, 0.6) is 0 Å². The van der Waals surface area contributed by atoms with E-state index >= 15 is 0 Å². The third kappa shape index (κ3) is 2.66. The van der Waals surface area contributed by atoms with Crippen molar-refractivity contribution in [3.63, 3.8) is 0 Å². The topological polar surface area (TPSA) is 25.2 Å². The Bertz CT molecular complexity index is 1510. The van der Waals surface area contributed by atoms with Crippen molar-refractivity contribution < 1.29 is 4.42 Å².